The SMILES string of the molecule is O=C(O)CCCc1ccc(C(F)(F)F)cc1. The molecule has 2 nitrogen and oxygen atoms in total. The number of hydrogen-bond donors (Lipinski definition) is 1. The van der Waals surface area contributed by atoms with Gasteiger partial charge in [0.05, 0.1) is 5.56 Å². The molecule has 0 saturated carbocycles. The Kier molecular flexibility index (Phi) is 3.93. The first-order valence-corrected chi connectivity index (χ1v) is 4.77. The molecule has 0 aliphatic heterocycles. The molecule has 0 bridgehead atoms. The third kappa shape index (κ3) is 3.92. The van der Waals surface area contributed by atoms with Gasteiger partial charge in [-0.2, -0.15) is 13.2 Å². The van der Waals surface area contributed by atoms with Crippen LogP contribution in [0, 0.1) is 0 Å². The summed E-state index contributed by atoms with van der Waals surface area (Å²) in [5.74, 6) is -0.896. The van der Waals surface area contributed by atoms with Gasteiger partial charge in [0.1, 0.15) is 0 Å². The van der Waals surface area contributed by atoms with Gasteiger partial charge in [-0.15, -0.1) is 0 Å². The van der Waals surface area contributed by atoms with Crippen molar-refractivity contribution in [3.63, 3.8) is 0 Å². The quantitative estimate of drug-likeness (QED) is 0.865. The average molecular weight is 232 g/mol. The van der Waals surface area contributed by atoms with Gasteiger partial charge < -0.3 is 5.11 Å². The molecule has 1 N–H and O–H groups in total. The highest BCUT2D eigenvalue weighted by atomic mass is 19.4. The Morgan fingerprint density at radius 3 is 2.19 bits per heavy atom. The van der Waals surface area contributed by atoms with E-state index in [-0.39, 0.29) is 6.42 Å². The number of alkyl halides is 3. The van der Waals surface area contributed by atoms with Crippen LogP contribution in [0.5, 0.6) is 0 Å². The van der Waals surface area contributed by atoms with E-state index in [2.05, 4.69) is 0 Å². The van der Waals surface area contributed by atoms with Crippen LogP contribution in [-0.2, 0) is 17.4 Å². The van der Waals surface area contributed by atoms with Gasteiger partial charge in [0.2, 0.25) is 0 Å². The molecule has 1 rings (SSSR count). The van der Waals surface area contributed by atoms with Crippen molar-refractivity contribution in [2.75, 3.05) is 0 Å². The van der Waals surface area contributed by atoms with Crippen molar-refractivity contribution < 1.29 is 23.1 Å². The van der Waals surface area contributed by atoms with Crippen molar-refractivity contribution >= 4 is 5.97 Å². The monoisotopic (exact) mass is 232 g/mol. The van der Waals surface area contributed by atoms with E-state index in [1.54, 1.807) is 0 Å². The van der Waals surface area contributed by atoms with E-state index in [1.807, 2.05) is 0 Å². The van der Waals surface area contributed by atoms with Gasteiger partial charge in [0, 0.05) is 6.42 Å². The lowest BCUT2D eigenvalue weighted by molar-refractivity contribution is -0.138. The minimum absolute atomic E-state index is 0.0288. The standard InChI is InChI=1S/C11H11F3O2/c12-11(13,14)9-6-4-8(5-7-9)2-1-3-10(15)16/h4-7H,1-3H2,(H,15,16). The van der Waals surface area contributed by atoms with Crippen LogP contribution in [0.3, 0.4) is 0 Å². The molecule has 0 spiro atoms. The molecular formula is C11H11F3O2. The molecule has 0 fully saturated rings. The first-order valence-electron chi connectivity index (χ1n) is 4.77. The van der Waals surface area contributed by atoms with Crippen molar-refractivity contribution in [3.8, 4) is 0 Å². The summed E-state index contributed by atoms with van der Waals surface area (Å²) in [5, 5.41) is 8.39. The number of aliphatic carboxylic acids is 1. The maximum absolute atomic E-state index is 12.2. The van der Waals surface area contributed by atoms with Crippen molar-refractivity contribution in [1.82, 2.24) is 0 Å². The van der Waals surface area contributed by atoms with Gasteiger partial charge in [-0.1, -0.05) is 12.1 Å². The van der Waals surface area contributed by atoms with Crippen LogP contribution in [0.2, 0.25) is 0 Å². The lowest BCUT2D eigenvalue weighted by atomic mass is 10.1. The van der Waals surface area contributed by atoms with Crippen LogP contribution in [0.25, 0.3) is 0 Å². The van der Waals surface area contributed by atoms with E-state index in [9.17, 15) is 18.0 Å². The predicted octanol–water partition coefficient (Wildman–Crippen LogP) is 3.11. The number of carboxylic acids is 1. The van der Waals surface area contributed by atoms with Crippen LogP contribution < -0.4 is 0 Å². The minimum atomic E-state index is -4.32. The highest BCUT2D eigenvalue weighted by Crippen LogP contribution is 2.29. The van der Waals surface area contributed by atoms with Crippen LogP contribution in [-0.4, -0.2) is 11.1 Å². The van der Waals surface area contributed by atoms with Gasteiger partial charge in [-0.25, -0.2) is 0 Å². The predicted molar refractivity (Wildman–Crippen MR) is 52.0 cm³/mol. The summed E-state index contributed by atoms with van der Waals surface area (Å²) < 4.78 is 36.6. The second-order valence-electron chi connectivity index (χ2n) is 3.44. The number of hydrogen-bond acceptors (Lipinski definition) is 1. The summed E-state index contributed by atoms with van der Waals surface area (Å²) in [6.45, 7) is 0. The minimum Gasteiger partial charge on any atom is -0.481 e. The fourth-order valence-corrected chi connectivity index (χ4v) is 1.30. The van der Waals surface area contributed by atoms with Gasteiger partial charge in [-0.05, 0) is 30.5 Å². The molecule has 0 heterocycles. The molecular weight excluding hydrogens is 221 g/mol. The lowest BCUT2D eigenvalue weighted by Gasteiger charge is -2.07. The maximum Gasteiger partial charge on any atom is 0.416 e. The molecule has 1 aromatic carbocycles. The Labute approximate surface area is 90.7 Å². The number of halogens is 3. The molecule has 0 aliphatic carbocycles. The van der Waals surface area contributed by atoms with Crippen LogP contribution in [0.1, 0.15) is 24.0 Å². The normalized spacial score (nSPS) is 11.4. The van der Waals surface area contributed by atoms with E-state index < -0.39 is 17.7 Å². The summed E-state index contributed by atoms with van der Waals surface area (Å²) in [6, 6.07) is 4.78. The van der Waals surface area contributed by atoms with E-state index >= 15 is 0 Å². The Bertz CT molecular complexity index is 354. The van der Waals surface area contributed by atoms with Crippen molar-refractivity contribution in [2.45, 2.75) is 25.4 Å². The Balaban J connectivity index is 2.55. The fourth-order valence-electron chi connectivity index (χ4n) is 1.30. The van der Waals surface area contributed by atoms with Gasteiger partial charge in [0.15, 0.2) is 0 Å². The second-order valence-corrected chi connectivity index (χ2v) is 3.44. The highest BCUT2D eigenvalue weighted by molar-refractivity contribution is 5.66. The zero-order valence-electron chi connectivity index (χ0n) is 8.42. The topological polar surface area (TPSA) is 37.3 Å². The zero-order chi connectivity index (χ0) is 12.2. The van der Waals surface area contributed by atoms with E-state index in [4.69, 9.17) is 5.11 Å². The van der Waals surface area contributed by atoms with Crippen molar-refractivity contribution in [3.05, 3.63) is 35.4 Å². The third-order valence-electron chi connectivity index (χ3n) is 2.14. The number of benzene rings is 1. The first-order chi connectivity index (χ1) is 7.39. The molecule has 1 aromatic rings. The Morgan fingerprint density at radius 2 is 1.75 bits per heavy atom. The average Bonchev–Trinajstić information content (AvgIpc) is 2.16. The lowest BCUT2D eigenvalue weighted by Crippen LogP contribution is -2.04. The second kappa shape index (κ2) is 5.01. The fraction of sp³-hybridized carbons (Fsp3) is 0.364. The number of aryl methyl sites for hydroxylation is 1. The summed E-state index contributed by atoms with van der Waals surface area (Å²) in [4.78, 5) is 10.2. The van der Waals surface area contributed by atoms with Gasteiger partial charge >= 0.3 is 12.1 Å². The summed E-state index contributed by atoms with van der Waals surface area (Å²) in [6.07, 6.45) is -3.38. The number of carbonyl (C=O) groups is 1. The molecule has 0 atom stereocenters. The molecule has 0 saturated heterocycles. The van der Waals surface area contributed by atoms with Crippen LogP contribution in [0.15, 0.2) is 24.3 Å². The molecule has 0 unspecified atom stereocenters. The zero-order valence-corrected chi connectivity index (χ0v) is 8.42. The van der Waals surface area contributed by atoms with E-state index in [1.165, 1.54) is 12.1 Å². The van der Waals surface area contributed by atoms with Gasteiger partial charge in [0.25, 0.3) is 0 Å². The summed E-state index contributed by atoms with van der Waals surface area (Å²) in [5.41, 5.74) is 0.0312. The molecule has 16 heavy (non-hydrogen) atoms. The summed E-state index contributed by atoms with van der Waals surface area (Å²) >= 11 is 0. The highest BCUT2D eigenvalue weighted by Gasteiger charge is 2.29. The number of carboxylic acid groups (broad SMARTS) is 1. The van der Waals surface area contributed by atoms with Crippen LogP contribution >= 0.6 is 0 Å². The first kappa shape index (κ1) is 12.5. The largest absolute Gasteiger partial charge is 0.481 e. The molecule has 5 heteroatoms. The van der Waals surface area contributed by atoms with Gasteiger partial charge in [-0.3, -0.25) is 4.79 Å². The Morgan fingerprint density at radius 1 is 1.19 bits per heavy atom. The Hall–Kier alpha value is -1.52. The summed E-state index contributed by atoms with van der Waals surface area (Å²) in [7, 11) is 0. The number of rotatable bonds is 4. The molecule has 0 aliphatic rings. The van der Waals surface area contributed by atoms with E-state index in [0.717, 1.165) is 12.1 Å². The maximum atomic E-state index is 12.2. The molecule has 0 amide bonds. The van der Waals surface area contributed by atoms with Crippen molar-refractivity contribution in [1.29, 1.82) is 0 Å². The third-order valence-corrected chi connectivity index (χ3v) is 2.14. The smallest absolute Gasteiger partial charge is 0.416 e. The van der Waals surface area contributed by atoms with Crippen LogP contribution in [0.4, 0.5) is 13.2 Å². The van der Waals surface area contributed by atoms with Crippen molar-refractivity contribution in [2.24, 2.45) is 0 Å². The molecule has 0 radical (unpaired) electrons. The molecule has 0 aromatic heterocycles. The van der Waals surface area contributed by atoms with E-state index in [0.29, 0.717) is 18.4 Å². The molecule has 88 valence electrons.